The average molecular weight is 311 g/mol. The number of nitrogens with zero attached hydrogens (tertiary/aromatic N) is 1. The van der Waals surface area contributed by atoms with Crippen molar-refractivity contribution >= 4 is 13.7 Å². The maximum absolute atomic E-state index is 12.6. The van der Waals surface area contributed by atoms with Crippen molar-refractivity contribution in [3.05, 3.63) is 29.1 Å². The minimum atomic E-state index is -3.63. The number of phenols is 1. The lowest BCUT2D eigenvalue weighted by Gasteiger charge is -2.15. The lowest BCUT2D eigenvalue weighted by molar-refractivity contribution is 0.227. The van der Waals surface area contributed by atoms with Gasteiger partial charge in [-0.1, -0.05) is 6.07 Å². The van der Waals surface area contributed by atoms with Crippen LogP contribution in [-0.2, 0) is 13.6 Å². The van der Waals surface area contributed by atoms with Crippen molar-refractivity contribution in [3.63, 3.8) is 0 Å². The minimum absolute atomic E-state index is 0.0223. The summed E-state index contributed by atoms with van der Waals surface area (Å²) in [6.45, 7) is 3.67. The number of phenolic OH excluding ortho intramolecular Hbond substituents is 1. The summed E-state index contributed by atoms with van der Waals surface area (Å²) in [5, 5.41) is 18.7. The van der Waals surface area contributed by atoms with Crippen LogP contribution in [0.4, 0.5) is 0 Å². The molecule has 1 N–H and O–H groups in total. The monoisotopic (exact) mass is 311 g/mol. The molecule has 0 fully saturated rings. The van der Waals surface area contributed by atoms with E-state index >= 15 is 0 Å². The van der Waals surface area contributed by atoms with Gasteiger partial charge in [0, 0.05) is 0 Å². The van der Waals surface area contributed by atoms with E-state index < -0.39 is 7.60 Å². The topological polar surface area (TPSA) is 88.8 Å². The number of methoxy groups -OCH3 is 1. The zero-order valence-corrected chi connectivity index (χ0v) is 13.1. The molecule has 0 bridgehead atoms. The van der Waals surface area contributed by atoms with Crippen LogP contribution in [0.3, 0.4) is 0 Å². The Bertz CT molecular complexity index is 596. The van der Waals surface area contributed by atoms with E-state index in [0.29, 0.717) is 5.56 Å². The van der Waals surface area contributed by atoms with Crippen LogP contribution in [0.15, 0.2) is 23.5 Å². The summed E-state index contributed by atoms with van der Waals surface area (Å²) >= 11 is 0. The first kappa shape index (κ1) is 17.3. The molecule has 0 aliphatic heterocycles. The smallest absolute Gasteiger partial charge is 0.371 e. The Kier molecular flexibility index (Phi) is 6.44. The maximum Gasteiger partial charge on any atom is 0.371 e. The van der Waals surface area contributed by atoms with Crippen molar-refractivity contribution in [1.29, 1.82) is 5.26 Å². The van der Waals surface area contributed by atoms with E-state index in [0.717, 1.165) is 0 Å². The molecule has 0 aliphatic rings. The van der Waals surface area contributed by atoms with Crippen molar-refractivity contribution < 1.29 is 23.5 Å². The SMILES string of the molecule is CCOP(=O)(OCC)/C(C#N)=C/c1ccc(O)c(OC)c1. The van der Waals surface area contributed by atoms with Gasteiger partial charge < -0.3 is 18.9 Å². The van der Waals surface area contributed by atoms with Crippen LogP contribution < -0.4 is 4.74 Å². The summed E-state index contributed by atoms with van der Waals surface area (Å²) in [6, 6.07) is 6.37. The highest BCUT2D eigenvalue weighted by atomic mass is 31.2. The van der Waals surface area contributed by atoms with Gasteiger partial charge in [0.05, 0.1) is 20.3 Å². The fourth-order valence-electron chi connectivity index (χ4n) is 1.63. The molecule has 6 nitrogen and oxygen atoms in total. The first-order valence-electron chi connectivity index (χ1n) is 6.39. The zero-order valence-electron chi connectivity index (χ0n) is 12.2. The number of ether oxygens (including phenoxy) is 1. The third kappa shape index (κ3) is 4.33. The number of hydrogen-bond acceptors (Lipinski definition) is 6. The predicted octanol–water partition coefficient (Wildman–Crippen LogP) is 3.53. The molecule has 1 aromatic carbocycles. The first-order valence-corrected chi connectivity index (χ1v) is 7.93. The van der Waals surface area contributed by atoms with E-state index in [-0.39, 0.29) is 30.0 Å². The Morgan fingerprint density at radius 2 is 2.00 bits per heavy atom. The van der Waals surface area contributed by atoms with E-state index in [1.165, 1.54) is 25.3 Å². The number of rotatable bonds is 7. The molecule has 0 radical (unpaired) electrons. The first-order chi connectivity index (χ1) is 10.0. The van der Waals surface area contributed by atoms with Crippen LogP contribution >= 0.6 is 7.60 Å². The molecule has 0 aromatic heterocycles. The minimum Gasteiger partial charge on any atom is -0.504 e. The van der Waals surface area contributed by atoms with Gasteiger partial charge >= 0.3 is 7.60 Å². The van der Waals surface area contributed by atoms with Crippen LogP contribution in [0.1, 0.15) is 19.4 Å². The Morgan fingerprint density at radius 1 is 1.38 bits per heavy atom. The summed E-state index contributed by atoms with van der Waals surface area (Å²) in [5.74, 6) is 0.231. The molecule has 0 spiro atoms. The third-order valence-electron chi connectivity index (χ3n) is 2.51. The maximum atomic E-state index is 12.6. The largest absolute Gasteiger partial charge is 0.504 e. The Morgan fingerprint density at radius 3 is 2.48 bits per heavy atom. The van der Waals surface area contributed by atoms with Gasteiger partial charge in [-0.3, -0.25) is 4.57 Å². The van der Waals surface area contributed by atoms with Gasteiger partial charge in [0.15, 0.2) is 11.5 Å². The van der Waals surface area contributed by atoms with Crippen molar-refractivity contribution in [1.82, 2.24) is 0 Å². The van der Waals surface area contributed by atoms with Gasteiger partial charge in [0.2, 0.25) is 0 Å². The standard InChI is InChI=1S/C14H18NO5P/c1-4-19-21(17,20-5-2)12(10-15)8-11-6-7-13(16)14(9-11)18-3/h6-9,16H,4-5H2,1-3H3/b12-8+. The van der Waals surface area contributed by atoms with E-state index in [9.17, 15) is 14.9 Å². The summed E-state index contributed by atoms with van der Waals surface area (Å²) in [6.07, 6.45) is 1.40. The fourth-order valence-corrected chi connectivity index (χ4v) is 3.09. The molecular weight excluding hydrogens is 293 g/mol. The molecule has 0 heterocycles. The van der Waals surface area contributed by atoms with Crippen molar-refractivity contribution in [2.75, 3.05) is 20.3 Å². The molecule has 1 rings (SSSR count). The normalized spacial score (nSPS) is 12.0. The van der Waals surface area contributed by atoms with Crippen molar-refractivity contribution in [3.8, 4) is 17.6 Å². The molecule has 0 unspecified atom stereocenters. The van der Waals surface area contributed by atoms with E-state index in [4.69, 9.17) is 13.8 Å². The van der Waals surface area contributed by atoms with E-state index in [1.807, 2.05) is 6.07 Å². The van der Waals surface area contributed by atoms with Gasteiger partial charge in [-0.15, -0.1) is 0 Å². The van der Waals surface area contributed by atoms with E-state index in [1.54, 1.807) is 19.9 Å². The van der Waals surface area contributed by atoms with Crippen LogP contribution in [0.5, 0.6) is 11.5 Å². The van der Waals surface area contributed by atoms with Crippen LogP contribution in [0.25, 0.3) is 6.08 Å². The highest BCUT2D eigenvalue weighted by Crippen LogP contribution is 2.56. The summed E-state index contributed by atoms with van der Waals surface area (Å²) in [7, 11) is -2.22. The van der Waals surface area contributed by atoms with E-state index in [2.05, 4.69) is 0 Å². The lowest BCUT2D eigenvalue weighted by Crippen LogP contribution is -1.98. The molecule has 1 aromatic rings. The second-order valence-electron chi connectivity index (χ2n) is 3.91. The number of hydrogen-bond donors (Lipinski definition) is 1. The number of benzene rings is 1. The Labute approximate surface area is 124 Å². The van der Waals surface area contributed by atoms with Gasteiger partial charge in [-0.2, -0.15) is 5.26 Å². The summed E-state index contributed by atoms with van der Waals surface area (Å²) in [5.41, 5.74) is 0.542. The summed E-state index contributed by atoms with van der Waals surface area (Å²) in [4.78, 5) is 0. The number of allylic oxidation sites excluding steroid dienone is 1. The zero-order chi connectivity index (χ0) is 15.9. The van der Waals surface area contributed by atoms with Crippen molar-refractivity contribution in [2.45, 2.75) is 13.8 Å². The third-order valence-corrected chi connectivity index (χ3v) is 4.53. The second kappa shape index (κ2) is 7.84. The van der Waals surface area contributed by atoms with Gasteiger partial charge in [0.25, 0.3) is 0 Å². The average Bonchev–Trinajstić information content (AvgIpc) is 2.46. The summed E-state index contributed by atoms with van der Waals surface area (Å²) < 4.78 is 27.8. The highest BCUT2D eigenvalue weighted by Gasteiger charge is 2.29. The Hall–Kier alpha value is -1.80. The van der Waals surface area contributed by atoms with Crippen molar-refractivity contribution in [2.24, 2.45) is 0 Å². The molecule has 0 atom stereocenters. The van der Waals surface area contributed by atoms with Gasteiger partial charge in [-0.25, -0.2) is 0 Å². The van der Waals surface area contributed by atoms with Gasteiger partial charge in [0.1, 0.15) is 11.4 Å². The van der Waals surface area contributed by atoms with Gasteiger partial charge in [-0.05, 0) is 37.6 Å². The highest BCUT2D eigenvalue weighted by molar-refractivity contribution is 7.59. The second-order valence-corrected chi connectivity index (χ2v) is 5.90. The molecular formula is C14H18NO5P. The molecule has 0 saturated carbocycles. The quantitative estimate of drug-likeness (QED) is 0.612. The molecule has 0 amide bonds. The lowest BCUT2D eigenvalue weighted by atomic mass is 10.2. The van der Waals surface area contributed by atoms with Crippen LogP contribution in [-0.4, -0.2) is 25.4 Å². The Balaban J connectivity index is 3.25. The molecule has 0 saturated heterocycles. The molecule has 7 heteroatoms. The number of nitriles is 1. The molecule has 114 valence electrons. The van der Waals surface area contributed by atoms with Crippen LogP contribution in [0, 0.1) is 11.3 Å². The molecule has 21 heavy (non-hydrogen) atoms. The fraction of sp³-hybridized carbons (Fsp3) is 0.357. The molecule has 0 aliphatic carbocycles. The number of aromatic hydroxyl groups is 1. The van der Waals surface area contributed by atoms with Crippen LogP contribution in [0.2, 0.25) is 0 Å². The predicted molar refractivity (Wildman–Crippen MR) is 79.1 cm³/mol.